The molecule has 0 aliphatic carbocycles. The molecule has 3 aromatic rings. The molecule has 1 saturated heterocycles. The first-order valence-corrected chi connectivity index (χ1v) is 12.2. The molecule has 0 amide bonds. The van der Waals surface area contributed by atoms with E-state index in [1.165, 1.54) is 7.11 Å². The Morgan fingerprint density at radius 1 is 1.23 bits per heavy atom. The molecule has 0 saturated carbocycles. The lowest BCUT2D eigenvalue weighted by atomic mass is 10.0. The number of pyridine rings is 1. The fourth-order valence-corrected chi connectivity index (χ4v) is 5.26. The van der Waals surface area contributed by atoms with Crippen LogP contribution in [0, 0.1) is 0 Å². The van der Waals surface area contributed by atoms with Crippen LogP contribution in [-0.4, -0.2) is 31.9 Å². The zero-order valence-corrected chi connectivity index (χ0v) is 18.7. The van der Waals surface area contributed by atoms with Crippen molar-refractivity contribution in [2.75, 3.05) is 23.0 Å². The molecule has 10 heteroatoms. The molecule has 0 unspecified atom stereocenters. The third-order valence-corrected chi connectivity index (χ3v) is 6.54. The van der Waals surface area contributed by atoms with Crippen LogP contribution in [0.15, 0.2) is 60.1 Å². The number of thiocarbonyl (C=S) groups is 1. The number of aromatic nitrogens is 1. The number of ether oxygens (including phenoxy) is 1. The Hall–Kier alpha value is -2.69. The molecule has 7 nitrogen and oxygen atoms in total. The van der Waals surface area contributed by atoms with Crippen molar-refractivity contribution >= 4 is 50.1 Å². The van der Waals surface area contributed by atoms with Crippen molar-refractivity contribution in [3.63, 3.8) is 0 Å². The maximum absolute atomic E-state index is 11.7. The summed E-state index contributed by atoms with van der Waals surface area (Å²) >= 11 is 7.34. The van der Waals surface area contributed by atoms with Gasteiger partial charge in [0.1, 0.15) is 5.75 Å². The van der Waals surface area contributed by atoms with Gasteiger partial charge in [-0.2, -0.15) is 0 Å². The predicted molar refractivity (Wildman–Crippen MR) is 124 cm³/mol. The van der Waals surface area contributed by atoms with E-state index in [2.05, 4.69) is 21.1 Å². The largest absolute Gasteiger partial charge is 0.494 e. The van der Waals surface area contributed by atoms with Crippen molar-refractivity contribution in [3.05, 3.63) is 70.7 Å². The van der Waals surface area contributed by atoms with Gasteiger partial charge in [0.15, 0.2) is 5.11 Å². The summed E-state index contributed by atoms with van der Waals surface area (Å²) in [4.78, 5) is 7.68. The molecule has 4 rings (SSSR count). The minimum absolute atomic E-state index is 0.106. The van der Waals surface area contributed by atoms with Crippen LogP contribution in [-0.2, 0) is 10.0 Å². The maximum Gasteiger partial charge on any atom is 0.229 e. The molecule has 0 spiro atoms. The molecule has 1 aliphatic heterocycles. The highest BCUT2D eigenvalue weighted by atomic mass is 32.2. The standard InChI is InChI=1S/C20H20N4O3S3/c1-27-16-12-13(8-9-14(16)23-30(2,25)26)24-19(17-7-5-11-29-17)18(22-20(24)28)15-6-3-4-10-21-15/h3-12,18-19,23H,1-2H3,(H,22,28)/t18-,19+/m1/s1. The molecule has 3 heterocycles. The summed E-state index contributed by atoms with van der Waals surface area (Å²) in [5.41, 5.74) is 2.05. The predicted octanol–water partition coefficient (Wildman–Crippen LogP) is 3.70. The van der Waals surface area contributed by atoms with Gasteiger partial charge in [-0.1, -0.05) is 12.1 Å². The zero-order valence-electron chi connectivity index (χ0n) is 16.3. The smallest absolute Gasteiger partial charge is 0.229 e. The Morgan fingerprint density at radius 2 is 2.07 bits per heavy atom. The van der Waals surface area contributed by atoms with E-state index in [0.29, 0.717) is 16.5 Å². The second-order valence-corrected chi connectivity index (χ2v) is 9.89. The van der Waals surface area contributed by atoms with Crippen molar-refractivity contribution in [1.29, 1.82) is 0 Å². The molecule has 1 aromatic carbocycles. The van der Waals surface area contributed by atoms with Crippen molar-refractivity contribution in [1.82, 2.24) is 10.3 Å². The third kappa shape index (κ3) is 4.11. The second kappa shape index (κ2) is 8.21. The molecule has 0 radical (unpaired) electrons. The van der Waals surface area contributed by atoms with Gasteiger partial charge >= 0.3 is 0 Å². The topological polar surface area (TPSA) is 83.6 Å². The number of rotatable bonds is 6. The van der Waals surface area contributed by atoms with Gasteiger partial charge in [-0.15, -0.1) is 11.3 Å². The molecule has 2 atom stereocenters. The third-order valence-electron chi connectivity index (χ3n) is 4.69. The summed E-state index contributed by atoms with van der Waals surface area (Å²) < 4.78 is 31.2. The fraction of sp³-hybridized carbons (Fsp3) is 0.200. The number of methoxy groups -OCH3 is 1. The summed E-state index contributed by atoms with van der Waals surface area (Å²) in [6, 6.07) is 14.9. The van der Waals surface area contributed by atoms with Crippen LogP contribution in [0.4, 0.5) is 11.4 Å². The first-order valence-electron chi connectivity index (χ1n) is 9.07. The van der Waals surface area contributed by atoms with E-state index in [1.807, 2.05) is 40.6 Å². The fourth-order valence-electron chi connectivity index (χ4n) is 3.50. The molecule has 30 heavy (non-hydrogen) atoms. The number of thiophene rings is 1. The van der Waals surface area contributed by atoms with Gasteiger partial charge < -0.3 is 15.0 Å². The van der Waals surface area contributed by atoms with E-state index < -0.39 is 10.0 Å². The molecule has 1 aliphatic rings. The normalized spacial score (nSPS) is 18.9. The minimum atomic E-state index is -3.43. The molecule has 1 fully saturated rings. The van der Waals surface area contributed by atoms with Crippen LogP contribution in [0.5, 0.6) is 5.75 Å². The zero-order chi connectivity index (χ0) is 21.3. The number of hydrogen-bond acceptors (Lipinski definition) is 6. The van der Waals surface area contributed by atoms with Gasteiger partial charge in [0.05, 0.1) is 36.8 Å². The molecule has 0 bridgehead atoms. The number of nitrogens with zero attached hydrogens (tertiary/aromatic N) is 2. The Balaban J connectivity index is 1.78. The van der Waals surface area contributed by atoms with Crippen LogP contribution in [0.1, 0.15) is 22.7 Å². The van der Waals surface area contributed by atoms with Crippen LogP contribution in [0.2, 0.25) is 0 Å². The van der Waals surface area contributed by atoms with Crippen LogP contribution < -0.4 is 19.7 Å². The summed E-state index contributed by atoms with van der Waals surface area (Å²) in [7, 11) is -1.93. The van der Waals surface area contributed by atoms with Crippen LogP contribution in [0.25, 0.3) is 0 Å². The number of benzene rings is 1. The molecule has 2 aromatic heterocycles. The average Bonchev–Trinajstić information content (AvgIpc) is 3.35. The highest BCUT2D eigenvalue weighted by molar-refractivity contribution is 7.92. The van der Waals surface area contributed by atoms with E-state index in [1.54, 1.807) is 29.7 Å². The lowest BCUT2D eigenvalue weighted by molar-refractivity contribution is 0.417. The molecule has 156 valence electrons. The second-order valence-electron chi connectivity index (χ2n) is 6.77. The van der Waals surface area contributed by atoms with Gasteiger partial charge in [0, 0.05) is 22.8 Å². The first kappa shape index (κ1) is 20.6. The van der Waals surface area contributed by atoms with Crippen molar-refractivity contribution in [2.24, 2.45) is 0 Å². The molecular weight excluding hydrogens is 440 g/mol. The van der Waals surface area contributed by atoms with Gasteiger partial charge in [-0.25, -0.2) is 8.42 Å². The Kier molecular flexibility index (Phi) is 5.63. The lowest BCUT2D eigenvalue weighted by Crippen LogP contribution is -2.29. The van der Waals surface area contributed by atoms with Gasteiger partial charge in [0.2, 0.25) is 10.0 Å². The van der Waals surface area contributed by atoms with E-state index in [-0.39, 0.29) is 12.1 Å². The Morgan fingerprint density at radius 3 is 2.70 bits per heavy atom. The quantitative estimate of drug-likeness (QED) is 0.543. The van der Waals surface area contributed by atoms with Gasteiger partial charge in [-0.05, 0) is 47.9 Å². The van der Waals surface area contributed by atoms with Crippen molar-refractivity contribution in [3.8, 4) is 5.75 Å². The number of nitrogens with one attached hydrogen (secondary N) is 2. The molecule has 2 N–H and O–H groups in total. The lowest BCUT2D eigenvalue weighted by Gasteiger charge is -2.27. The van der Waals surface area contributed by atoms with Gasteiger partial charge in [0.25, 0.3) is 0 Å². The van der Waals surface area contributed by atoms with E-state index in [4.69, 9.17) is 17.0 Å². The Labute approximate surface area is 184 Å². The van der Waals surface area contributed by atoms with E-state index >= 15 is 0 Å². The monoisotopic (exact) mass is 460 g/mol. The number of anilines is 2. The Bertz CT molecular complexity index is 1150. The summed E-state index contributed by atoms with van der Waals surface area (Å²) in [6.07, 6.45) is 2.87. The summed E-state index contributed by atoms with van der Waals surface area (Å²) in [5, 5.41) is 5.99. The highest BCUT2D eigenvalue weighted by Gasteiger charge is 2.41. The van der Waals surface area contributed by atoms with Crippen LogP contribution in [0.3, 0.4) is 0 Å². The number of hydrogen-bond donors (Lipinski definition) is 2. The summed E-state index contributed by atoms with van der Waals surface area (Å²) in [6.45, 7) is 0. The highest BCUT2D eigenvalue weighted by Crippen LogP contribution is 2.44. The van der Waals surface area contributed by atoms with E-state index in [0.717, 1.165) is 22.5 Å². The minimum Gasteiger partial charge on any atom is -0.494 e. The van der Waals surface area contributed by atoms with Crippen molar-refractivity contribution in [2.45, 2.75) is 12.1 Å². The molecular formula is C20H20N4O3S3. The van der Waals surface area contributed by atoms with E-state index in [9.17, 15) is 8.42 Å². The average molecular weight is 461 g/mol. The van der Waals surface area contributed by atoms with Crippen LogP contribution >= 0.6 is 23.6 Å². The summed E-state index contributed by atoms with van der Waals surface area (Å²) in [5.74, 6) is 0.409. The number of sulfonamides is 1. The van der Waals surface area contributed by atoms with Crippen molar-refractivity contribution < 1.29 is 13.2 Å². The first-order chi connectivity index (χ1) is 14.4. The van der Waals surface area contributed by atoms with Gasteiger partial charge in [-0.3, -0.25) is 9.71 Å². The maximum atomic E-state index is 11.7. The SMILES string of the molecule is COc1cc(N2C(=S)N[C@H](c3ccccn3)[C@@H]2c2cccs2)ccc1NS(C)(=O)=O.